The number of aromatic nitrogens is 3. The first kappa shape index (κ1) is 17.3. The fourth-order valence-electron chi connectivity index (χ4n) is 3.64. The van der Waals surface area contributed by atoms with E-state index in [0.29, 0.717) is 12.8 Å². The van der Waals surface area contributed by atoms with Crippen molar-refractivity contribution < 1.29 is 4.79 Å². The number of H-pyrrole nitrogens is 2. The molecular formula is C24H20N4O. The molecule has 0 unspecified atom stereocenters. The van der Waals surface area contributed by atoms with Gasteiger partial charge in [0.05, 0.1) is 11.0 Å². The van der Waals surface area contributed by atoms with Crippen LogP contribution in [0.25, 0.3) is 33.3 Å². The lowest BCUT2D eigenvalue weighted by molar-refractivity contribution is -0.116. The normalized spacial score (nSPS) is 11.2. The van der Waals surface area contributed by atoms with E-state index in [-0.39, 0.29) is 5.91 Å². The number of nitrogens with zero attached hydrogens (tertiary/aromatic N) is 1. The van der Waals surface area contributed by atoms with Crippen molar-refractivity contribution in [1.82, 2.24) is 15.0 Å². The first-order chi connectivity index (χ1) is 14.3. The van der Waals surface area contributed by atoms with Crippen LogP contribution in [0.1, 0.15) is 12.0 Å². The number of para-hydroxylation sites is 3. The van der Waals surface area contributed by atoms with Gasteiger partial charge >= 0.3 is 0 Å². The Kier molecular flexibility index (Phi) is 4.33. The molecule has 0 aliphatic rings. The topological polar surface area (TPSA) is 73.6 Å². The molecule has 0 aliphatic heterocycles. The molecule has 142 valence electrons. The maximum Gasteiger partial charge on any atom is 0.224 e. The molecular weight excluding hydrogens is 360 g/mol. The van der Waals surface area contributed by atoms with E-state index in [1.54, 1.807) is 0 Å². The van der Waals surface area contributed by atoms with Crippen molar-refractivity contribution >= 4 is 33.5 Å². The lowest BCUT2D eigenvalue weighted by Crippen LogP contribution is -2.12. The quantitative estimate of drug-likeness (QED) is 0.388. The minimum Gasteiger partial charge on any atom is -0.361 e. The van der Waals surface area contributed by atoms with E-state index in [2.05, 4.69) is 26.3 Å². The zero-order valence-electron chi connectivity index (χ0n) is 15.8. The van der Waals surface area contributed by atoms with Crippen LogP contribution in [0.4, 0.5) is 5.69 Å². The number of anilines is 1. The Bertz CT molecular complexity index is 1280. The number of amides is 1. The summed E-state index contributed by atoms with van der Waals surface area (Å²) in [7, 11) is 0. The van der Waals surface area contributed by atoms with Crippen LogP contribution >= 0.6 is 0 Å². The largest absolute Gasteiger partial charge is 0.361 e. The molecule has 2 heterocycles. The highest BCUT2D eigenvalue weighted by molar-refractivity contribution is 5.92. The molecule has 3 N–H and O–H groups in total. The molecule has 0 saturated heterocycles. The second kappa shape index (κ2) is 7.28. The van der Waals surface area contributed by atoms with Gasteiger partial charge in [-0.05, 0) is 42.3 Å². The lowest BCUT2D eigenvalue weighted by atomic mass is 10.1. The minimum atomic E-state index is -0.00274. The first-order valence-electron chi connectivity index (χ1n) is 9.66. The molecule has 5 rings (SSSR count). The summed E-state index contributed by atoms with van der Waals surface area (Å²) in [5.74, 6) is 0.790. The van der Waals surface area contributed by atoms with E-state index in [1.165, 1.54) is 5.39 Å². The standard InChI is InChI=1S/C24H20N4O/c29-23(13-12-17-15-25-20-9-2-1-8-19(17)20)26-18-7-5-6-16(14-18)24-27-21-10-3-4-11-22(21)28-24/h1-11,14-15,25H,12-13H2,(H,26,29)(H,27,28). The molecule has 29 heavy (non-hydrogen) atoms. The van der Waals surface area contributed by atoms with Crippen LogP contribution in [0.2, 0.25) is 0 Å². The number of hydrogen-bond acceptors (Lipinski definition) is 2. The van der Waals surface area contributed by atoms with Gasteiger partial charge in [0.25, 0.3) is 0 Å². The van der Waals surface area contributed by atoms with Gasteiger partial charge in [-0.1, -0.05) is 42.5 Å². The van der Waals surface area contributed by atoms with Crippen LogP contribution in [-0.2, 0) is 11.2 Å². The highest BCUT2D eigenvalue weighted by Crippen LogP contribution is 2.23. The summed E-state index contributed by atoms with van der Waals surface area (Å²) in [6.07, 6.45) is 3.11. The molecule has 0 saturated carbocycles. The summed E-state index contributed by atoms with van der Waals surface area (Å²) in [5.41, 5.74) is 5.89. The third-order valence-electron chi connectivity index (χ3n) is 5.11. The molecule has 0 bridgehead atoms. The molecule has 0 spiro atoms. The molecule has 5 aromatic rings. The number of imidazole rings is 1. The SMILES string of the molecule is O=C(CCc1c[nH]c2ccccc12)Nc1cccc(-c2nc3ccccc3[nH]2)c1. The predicted octanol–water partition coefficient (Wildman–Crippen LogP) is 5.28. The second-order valence-corrected chi connectivity index (χ2v) is 7.09. The maximum atomic E-state index is 12.5. The van der Waals surface area contributed by atoms with E-state index in [0.717, 1.165) is 39.2 Å². The second-order valence-electron chi connectivity index (χ2n) is 7.09. The number of aromatic amines is 2. The first-order valence-corrected chi connectivity index (χ1v) is 9.66. The van der Waals surface area contributed by atoms with Crippen LogP contribution in [0.3, 0.4) is 0 Å². The Labute approximate surface area is 167 Å². The molecule has 0 radical (unpaired) electrons. The van der Waals surface area contributed by atoms with Crippen molar-refractivity contribution in [3.05, 3.63) is 84.6 Å². The van der Waals surface area contributed by atoms with Crippen molar-refractivity contribution in [2.45, 2.75) is 12.8 Å². The van der Waals surface area contributed by atoms with Crippen LogP contribution in [0.5, 0.6) is 0 Å². The summed E-state index contributed by atoms with van der Waals surface area (Å²) in [5, 5.41) is 4.18. The average molecular weight is 380 g/mol. The Balaban J connectivity index is 1.29. The number of carbonyl (C=O) groups is 1. The molecule has 1 amide bonds. The van der Waals surface area contributed by atoms with Crippen molar-refractivity contribution in [3.8, 4) is 11.4 Å². The predicted molar refractivity (Wildman–Crippen MR) is 117 cm³/mol. The van der Waals surface area contributed by atoms with Crippen LogP contribution in [-0.4, -0.2) is 20.9 Å². The Morgan fingerprint density at radius 3 is 2.66 bits per heavy atom. The monoisotopic (exact) mass is 380 g/mol. The summed E-state index contributed by atoms with van der Waals surface area (Å²) < 4.78 is 0. The molecule has 3 aromatic carbocycles. The summed E-state index contributed by atoms with van der Waals surface area (Å²) in [4.78, 5) is 23.7. The van der Waals surface area contributed by atoms with E-state index in [9.17, 15) is 4.79 Å². The fourth-order valence-corrected chi connectivity index (χ4v) is 3.64. The number of hydrogen-bond donors (Lipinski definition) is 3. The molecule has 2 aromatic heterocycles. The Morgan fingerprint density at radius 2 is 1.76 bits per heavy atom. The van der Waals surface area contributed by atoms with Gasteiger partial charge in [0, 0.05) is 34.8 Å². The lowest BCUT2D eigenvalue weighted by Gasteiger charge is -2.06. The van der Waals surface area contributed by atoms with Gasteiger partial charge in [-0.3, -0.25) is 4.79 Å². The number of aryl methyl sites for hydroxylation is 1. The smallest absolute Gasteiger partial charge is 0.224 e. The third kappa shape index (κ3) is 3.50. The van der Waals surface area contributed by atoms with Gasteiger partial charge in [-0.2, -0.15) is 0 Å². The average Bonchev–Trinajstić information content (AvgIpc) is 3.37. The minimum absolute atomic E-state index is 0.00274. The van der Waals surface area contributed by atoms with Gasteiger partial charge in [-0.25, -0.2) is 4.98 Å². The molecule has 0 atom stereocenters. The zero-order chi connectivity index (χ0) is 19.6. The number of rotatable bonds is 5. The van der Waals surface area contributed by atoms with Crippen LogP contribution in [0, 0.1) is 0 Å². The molecule has 0 fully saturated rings. The summed E-state index contributed by atoms with van der Waals surface area (Å²) >= 11 is 0. The van der Waals surface area contributed by atoms with Crippen molar-refractivity contribution in [2.24, 2.45) is 0 Å². The van der Waals surface area contributed by atoms with Gasteiger partial charge in [0.1, 0.15) is 5.82 Å². The van der Waals surface area contributed by atoms with Crippen molar-refractivity contribution in [2.75, 3.05) is 5.32 Å². The number of fused-ring (bicyclic) bond motifs is 2. The number of carbonyl (C=O) groups excluding carboxylic acids is 1. The number of nitrogens with one attached hydrogen (secondary N) is 3. The van der Waals surface area contributed by atoms with E-state index < -0.39 is 0 Å². The van der Waals surface area contributed by atoms with Crippen molar-refractivity contribution in [1.29, 1.82) is 0 Å². The van der Waals surface area contributed by atoms with E-state index >= 15 is 0 Å². The molecule has 0 aliphatic carbocycles. The highest BCUT2D eigenvalue weighted by Gasteiger charge is 2.09. The highest BCUT2D eigenvalue weighted by atomic mass is 16.1. The summed E-state index contributed by atoms with van der Waals surface area (Å²) in [6.45, 7) is 0. The Morgan fingerprint density at radius 1 is 0.931 bits per heavy atom. The van der Waals surface area contributed by atoms with Gasteiger partial charge in [0.2, 0.25) is 5.91 Å². The maximum absolute atomic E-state index is 12.5. The van der Waals surface area contributed by atoms with Gasteiger partial charge in [0.15, 0.2) is 0 Å². The number of benzene rings is 3. The molecule has 5 nitrogen and oxygen atoms in total. The van der Waals surface area contributed by atoms with E-state index in [1.807, 2.05) is 72.9 Å². The third-order valence-corrected chi connectivity index (χ3v) is 5.11. The van der Waals surface area contributed by atoms with E-state index in [4.69, 9.17) is 0 Å². The van der Waals surface area contributed by atoms with Crippen LogP contribution < -0.4 is 5.32 Å². The van der Waals surface area contributed by atoms with Gasteiger partial charge < -0.3 is 15.3 Å². The summed E-state index contributed by atoms with van der Waals surface area (Å²) in [6, 6.07) is 23.8. The van der Waals surface area contributed by atoms with Gasteiger partial charge in [-0.15, -0.1) is 0 Å². The fraction of sp³-hybridized carbons (Fsp3) is 0.0833. The Hall–Kier alpha value is -3.86. The van der Waals surface area contributed by atoms with Crippen LogP contribution in [0.15, 0.2) is 79.0 Å². The zero-order valence-corrected chi connectivity index (χ0v) is 15.8. The molecule has 5 heteroatoms. The van der Waals surface area contributed by atoms with Crippen molar-refractivity contribution in [3.63, 3.8) is 0 Å².